The van der Waals surface area contributed by atoms with Gasteiger partial charge in [-0.15, -0.1) is 0 Å². The Morgan fingerprint density at radius 3 is 2.68 bits per heavy atom. The van der Waals surface area contributed by atoms with Crippen LogP contribution in [0.5, 0.6) is 0 Å². The lowest BCUT2D eigenvalue weighted by Gasteiger charge is -2.38. The molecule has 2 aliphatic rings. The molecule has 4 heteroatoms. The molecular weight excluding hydrogens is 381 g/mol. The van der Waals surface area contributed by atoms with Gasteiger partial charge in [-0.05, 0) is 35.6 Å². The largest absolute Gasteiger partial charge is 0.376 e. The normalized spacial score (nSPS) is 25.5. The van der Waals surface area contributed by atoms with E-state index in [0.29, 0.717) is 21.9 Å². The fourth-order valence-electron chi connectivity index (χ4n) is 3.64. The van der Waals surface area contributed by atoms with Crippen LogP contribution in [-0.2, 0) is 0 Å². The van der Waals surface area contributed by atoms with Gasteiger partial charge in [0.1, 0.15) is 0 Å². The van der Waals surface area contributed by atoms with E-state index in [-0.39, 0.29) is 6.04 Å². The smallest absolute Gasteiger partial charge is 0.0826 e. The number of allylic oxidation sites excluding steroid dienone is 2. The summed E-state index contributed by atoms with van der Waals surface area (Å²) in [4.78, 5) is 0. The first-order chi connectivity index (χ1) is 10.7. The van der Waals surface area contributed by atoms with Crippen molar-refractivity contribution in [2.45, 2.75) is 18.4 Å². The maximum absolute atomic E-state index is 6.46. The van der Waals surface area contributed by atoms with Crippen LogP contribution in [0, 0.1) is 5.92 Å². The average molecular weight is 395 g/mol. The maximum atomic E-state index is 6.46. The molecule has 0 saturated carbocycles. The van der Waals surface area contributed by atoms with Crippen LogP contribution in [0.15, 0.2) is 53.0 Å². The summed E-state index contributed by atoms with van der Waals surface area (Å²) < 4.78 is 1.12. The van der Waals surface area contributed by atoms with Gasteiger partial charge >= 0.3 is 0 Å². The van der Waals surface area contributed by atoms with E-state index in [0.717, 1.165) is 16.6 Å². The molecule has 2 aromatic carbocycles. The molecule has 1 aliphatic carbocycles. The minimum Gasteiger partial charge on any atom is -0.376 e. The molecule has 0 radical (unpaired) electrons. The summed E-state index contributed by atoms with van der Waals surface area (Å²) in [5, 5.41) is 4.87. The van der Waals surface area contributed by atoms with Gasteiger partial charge in [0.05, 0.1) is 21.8 Å². The van der Waals surface area contributed by atoms with Crippen LogP contribution < -0.4 is 5.32 Å². The van der Waals surface area contributed by atoms with Crippen molar-refractivity contribution >= 4 is 44.8 Å². The Bertz CT molecular complexity index is 772. The van der Waals surface area contributed by atoms with Gasteiger partial charge in [0.2, 0.25) is 0 Å². The molecule has 1 aliphatic heterocycles. The van der Waals surface area contributed by atoms with E-state index in [1.165, 1.54) is 11.1 Å². The molecule has 22 heavy (non-hydrogen) atoms. The number of fused-ring (bicyclic) bond motifs is 3. The van der Waals surface area contributed by atoms with Gasteiger partial charge in [0, 0.05) is 10.4 Å². The highest BCUT2D eigenvalue weighted by Crippen LogP contribution is 2.53. The predicted molar refractivity (Wildman–Crippen MR) is 97.0 cm³/mol. The topological polar surface area (TPSA) is 12.0 Å². The number of rotatable bonds is 1. The summed E-state index contributed by atoms with van der Waals surface area (Å²) in [7, 11) is 0. The number of nitrogens with one attached hydrogen (secondary N) is 1. The SMILES string of the molecule is Clc1ccc2c(c1Cl)N[C@H](c1ccccc1Br)[C@H]1CC=C[C@H]21. The Hall–Kier alpha value is -0.960. The van der Waals surface area contributed by atoms with E-state index >= 15 is 0 Å². The Kier molecular flexibility index (Phi) is 3.72. The Morgan fingerprint density at radius 1 is 1.05 bits per heavy atom. The molecule has 0 unspecified atom stereocenters. The molecule has 1 heterocycles. The summed E-state index contributed by atoms with van der Waals surface area (Å²) in [6.45, 7) is 0. The Labute approximate surface area is 148 Å². The molecule has 4 rings (SSSR count). The summed E-state index contributed by atoms with van der Waals surface area (Å²) in [5.74, 6) is 0.895. The molecule has 0 spiro atoms. The quantitative estimate of drug-likeness (QED) is 0.538. The van der Waals surface area contributed by atoms with E-state index in [4.69, 9.17) is 23.2 Å². The van der Waals surface area contributed by atoms with Crippen molar-refractivity contribution in [3.63, 3.8) is 0 Å². The molecule has 2 aromatic rings. The highest BCUT2D eigenvalue weighted by atomic mass is 79.9. The van der Waals surface area contributed by atoms with Crippen molar-refractivity contribution in [2.24, 2.45) is 5.92 Å². The number of halogens is 3. The standard InChI is InChI=1S/C18H14BrCl2N/c19-14-7-2-1-4-13(14)17-11-6-3-5-10(11)12-8-9-15(20)16(21)18(12)22-17/h1-5,7-11,17,22H,6H2/t10-,11-,17-/m0/s1. The fraction of sp³-hybridized carbons (Fsp3) is 0.222. The molecule has 0 fully saturated rings. The summed E-state index contributed by atoms with van der Waals surface area (Å²) in [5.41, 5.74) is 3.49. The maximum Gasteiger partial charge on any atom is 0.0826 e. The van der Waals surface area contributed by atoms with Crippen molar-refractivity contribution < 1.29 is 0 Å². The van der Waals surface area contributed by atoms with Crippen LogP contribution in [0.2, 0.25) is 10.0 Å². The minimum atomic E-state index is 0.221. The second-order valence-electron chi connectivity index (χ2n) is 5.82. The molecule has 0 bridgehead atoms. The fourth-order valence-corrected chi connectivity index (χ4v) is 4.55. The van der Waals surface area contributed by atoms with Crippen molar-refractivity contribution in [1.82, 2.24) is 0 Å². The zero-order chi connectivity index (χ0) is 15.3. The number of benzene rings is 2. The summed E-state index contributed by atoms with van der Waals surface area (Å²) >= 11 is 16.4. The third-order valence-corrected chi connectivity index (χ3v) is 6.19. The van der Waals surface area contributed by atoms with Crippen molar-refractivity contribution in [1.29, 1.82) is 0 Å². The first-order valence-corrected chi connectivity index (χ1v) is 8.87. The zero-order valence-electron chi connectivity index (χ0n) is 11.7. The Morgan fingerprint density at radius 2 is 1.86 bits per heavy atom. The number of hydrogen-bond donors (Lipinski definition) is 1. The van der Waals surface area contributed by atoms with Gasteiger partial charge < -0.3 is 5.32 Å². The van der Waals surface area contributed by atoms with Gasteiger partial charge in [0.15, 0.2) is 0 Å². The minimum absolute atomic E-state index is 0.221. The molecule has 0 aromatic heterocycles. The van der Waals surface area contributed by atoms with Crippen LogP contribution in [0.25, 0.3) is 0 Å². The van der Waals surface area contributed by atoms with Crippen LogP contribution in [0.1, 0.15) is 29.5 Å². The second kappa shape index (κ2) is 5.59. The third-order valence-electron chi connectivity index (χ3n) is 4.67. The van der Waals surface area contributed by atoms with E-state index in [9.17, 15) is 0 Å². The molecular formula is C18H14BrCl2N. The van der Waals surface area contributed by atoms with Crippen molar-refractivity contribution in [2.75, 3.05) is 5.32 Å². The zero-order valence-corrected chi connectivity index (χ0v) is 14.8. The number of hydrogen-bond acceptors (Lipinski definition) is 1. The highest BCUT2D eigenvalue weighted by molar-refractivity contribution is 9.10. The van der Waals surface area contributed by atoms with Gasteiger partial charge in [-0.3, -0.25) is 0 Å². The molecule has 1 N–H and O–H groups in total. The summed E-state index contributed by atoms with van der Waals surface area (Å²) in [6.07, 6.45) is 5.65. The van der Waals surface area contributed by atoms with Crippen LogP contribution in [0.4, 0.5) is 5.69 Å². The highest BCUT2D eigenvalue weighted by Gasteiger charge is 2.39. The van der Waals surface area contributed by atoms with Crippen LogP contribution in [0.3, 0.4) is 0 Å². The lowest BCUT2D eigenvalue weighted by atomic mass is 9.77. The van der Waals surface area contributed by atoms with Gasteiger partial charge in [-0.2, -0.15) is 0 Å². The second-order valence-corrected chi connectivity index (χ2v) is 7.46. The van der Waals surface area contributed by atoms with Crippen molar-refractivity contribution in [3.05, 3.63) is 74.2 Å². The van der Waals surface area contributed by atoms with Crippen LogP contribution in [-0.4, -0.2) is 0 Å². The van der Waals surface area contributed by atoms with Gasteiger partial charge in [0.25, 0.3) is 0 Å². The molecule has 3 atom stereocenters. The molecule has 112 valence electrons. The first kappa shape index (κ1) is 14.6. The van der Waals surface area contributed by atoms with E-state index in [1.807, 2.05) is 12.1 Å². The van der Waals surface area contributed by atoms with E-state index in [1.54, 1.807) is 0 Å². The third kappa shape index (κ3) is 2.20. The molecule has 1 nitrogen and oxygen atoms in total. The van der Waals surface area contributed by atoms with Crippen molar-refractivity contribution in [3.8, 4) is 0 Å². The first-order valence-electron chi connectivity index (χ1n) is 7.32. The monoisotopic (exact) mass is 393 g/mol. The van der Waals surface area contributed by atoms with Gasteiger partial charge in [-0.25, -0.2) is 0 Å². The van der Waals surface area contributed by atoms with E-state index in [2.05, 4.69) is 57.7 Å². The molecule has 0 amide bonds. The average Bonchev–Trinajstić information content (AvgIpc) is 3.00. The number of anilines is 1. The van der Waals surface area contributed by atoms with Gasteiger partial charge in [-0.1, -0.05) is 75.5 Å². The van der Waals surface area contributed by atoms with E-state index < -0.39 is 0 Å². The summed E-state index contributed by atoms with van der Waals surface area (Å²) in [6, 6.07) is 12.6. The predicted octanol–water partition coefficient (Wildman–Crippen LogP) is 6.58. The Balaban J connectivity index is 1.87. The lowest BCUT2D eigenvalue weighted by Crippen LogP contribution is -2.29. The lowest BCUT2D eigenvalue weighted by molar-refractivity contribution is 0.424. The van der Waals surface area contributed by atoms with Crippen LogP contribution >= 0.6 is 39.1 Å². The molecule has 0 saturated heterocycles.